The van der Waals surface area contributed by atoms with Gasteiger partial charge in [-0.05, 0) is 50.1 Å². The van der Waals surface area contributed by atoms with Gasteiger partial charge in [-0.2, -0.15) is 0 Å². The van der Waals surface area contributed by atoms with Crippen molar-refractivity contribution in [3.8, 4) is 0 Å². The number of ether oxygens (including phenoxy) is 1. The molecule has 0 atom stereocenters. The third-order valence-electron chi connectivity index (χ3n) is 4.81. The topological polar surface area (TPSA) is 87.7 Å². The van der Waals surface area contributed by atoms with E-state index in [9.17, 15) is 14.4 Å². The third kappa shape index (κ3) is 6.79. The minimum absolute atomic E-state index is 0.00415. The average Bonchev–Trinajstić information content (AvgIpc) is 2.69. The molecule has 7 heteroatoms. The Morgan fingerprint density at radius 3 is 2.13 bits per heavy atom. The summed E-state index contributed by atoms with van der Waals surface area (Å²) >= 11 is 0. The molecule has 2 amide bonds. The Labute approximate surface area is 177 Å². The summed E-state index contributed by atoms with van der Waals surface area (Å²) in [6, 6.07) is 12.6. The Kier molecular flexibility index (Phi) is 8.70. The number of Topliss-reactive ketones (excluding diaryl/α,β-unsaturated/α-hetero) is 1. The van der Waals surface area contributed by atoms with E-state index in [1.165, 1.54) is 6.92 Å². The number of ketones is 1. The molecule has 0 bridgehead atoms. The summed E-state index contributed by atoms with van der Waals surface area (Å²) in [7, 11) is 1.57. The van der Waals surface area contributed by atoms with Crippen LogP contribution in [-0.2, 0) is 14.3 Å². The lowest BCUT2D eigenvalue weighted by Gasteiger charge is -2.21. The second kappa shape index (κ2) is 11.2. The number of nitrogens with zero attached hydrogens (tertiary/aromatic N) is 1. The first kappa shape index (κ1) is 23.3. The van der Waals surface area contributed by atoms with E-state index >= 15 is 0 Å². The number of carbonyl (C=O) groups excluding carboxylic acids is 3. The van der Waals surface area contributed by atoms with Crippen LogP contribution in [0.2, 0.25) is 0 Å². The summed E-state index contributed by atoms with van der Waals surface area (Å²) in [5.41, 5.74) is 3.76. The highest BCUT2D eigenvalue weighted by Crippen LogP contribution is 2.18. The van der Waals surface area contributed by atoms with Crippen LogP contribution in [-0.4, -0.2) is 55.8 Å². The summed E-state index contributed by atoms with van der Waals surface area (Å²) in [6.07, 6.45) is 0. The maximum atomic E-state index is 12.6. The van der Waals surface area contributed by atoms with Crippen LogP contribution in [0.1, 0.15) is 28.4 Å². The summed E-state index contributed by atoms with van der Waals surface area (Å²) in [5, 5.41) is 5.67. The number of amides is 2. The van der Waals surface area contributed by atoms with Crippen molar-refractivity contribution in [2.75, 3.05) is 44.0 Å². The summed E-state index contributed by atoms with van der Waals surface area (Å²) in [6.45, 7) is 6.22. The van der Waals surface area contributed by atoms with Crippen molar-refractivity contribution in [1.82, 2.24) is 4.90 Å². The van der Waals surface area contributed by atoms with Crippen LogP contribution in [0, 0.1) is 13.8 Å². The van der Waals surface area contributed by atoms with Crippen molar-refractivity contribution in [3.05, 3.63) is 59.2 Å². The molecule has 0 saturated heterocycles. The van der Waals surface area contributed by atoms with Gasteiger partial charge in [-0.15, -0.1) is 0 Å². The number of rotatable bonds is 10. The SMILES string of the molecule is COCCN(CC(=O)Nc1ccccc1C(C)=O)CC(=O)Nc1cccc(C)c1C. The molecule has 2 rings (SSSR count). The van der Waals surface area contributed by atoms with E-state index in [1.807, 2.05) is 32.0 Å². The minimum Gasteiger partial charge on any atom is -0.383 e. The molecule has 0 fully saturated rings. The van der Waals surface area contributed by atoms with Gasteiger partial charge in [-0.1, -0.05) is 24.3 Å². The van der Waals surface area contributed by atoms with Crippen molar-refractivity contribution in [1.29, 1.82) is 0 Å². The van der Waals surface area contributed by atoms with E-state index in [2.05, 4.69) is 10.6 Å². The number of para-hydroxylation sites is 1. The molecule has 2 aromatic carbocycles. The van der Waals surface area contributed by atoms with Crippen molar-refractivity contribution in [2.24, 2.45) is 0 Å². The number of carbonyl (C=O) groups is 3. The first-order valence-electron chi connectivity index (χ1n) is 9.79. The molecule has 2 N–H and O–H groups in total. The van der Waals surface area contributed by atoms with Gasteiger partial charge in [0, 0.05) is 24.9 Å². The van der Waals surface area contributed by atoms with Gasteiger partial charge in [0.05, 0.1) is 25.4 Å². The molecule has 0 spiro atoms. The Morgan fingerprint density at radius 1 is 0.900 bits per heavy atom. The van der Waals surface area contributed by atoms with Crippen LogP contribution >= 0.6 is 0 Å². The first-order valence-corrected chi connectivity index (χ1v) is 9.79. The molecule has 0 saturated carbocycles. The lowest BCUT2D eigenvalue weighted by Crippen LogP contribution is -2.40. The lowest BCUT2D eigenvalue weighted by atomic mass is 10.1. The van der Waals surface area contributed by atoms with Crippen molar-refractivity contribution < 1.29 is 19.1 Å². The molecule has 2 aromatic rings. The molecule has 0 aliphatic heterocycles. The zero-order valence-electron chi connectivity index (χ0n) is 18.0. The van der Waals surface area contributed by atoms with Gasteiger partial charge in [0.15, 0.2) is 5.78 Å². The standard InChI is InChI=1S/C23H29N3O4/c1-16-8-7-11-20(17(16)2)24-22(28)14-26(12-13-30-4)15-23(29)25-21-10-6-5-9-19(21)18(3)27/h5-11H,12-15H2,1-4H3,(H,24,28)(H,25,29). The highest BCUT2D eigenvalue weighted by molar-refractivity contribution is 6.04. The number of aryl methyl sites for hydroxylation is 1. The third-order valence-corrected chi connectivity index (χ3v) is 4.81. The summed E-state index contributed by atoms with van der Waals surface area (Å²) < 4.78 is 5.11. The van der Waals surface area contributed by atoms with E-state index in [-0.39, 0.29) is 30.7 Å². The number of nitrogens with one attached hydrogen (secondary N) is 2. The van der Waals surface area contributed by atoms with Crippen LogP contribution < -0.4 is 10.6 Å². The van der Waals surface area contributed by atoms with Crippen LogP contribution in [0.15, 0.2) is 42.5 Å². The molecule has 160 valence electrons. The monoisotopic (exact) mass is 411 g/mol. The molecule has 0 aliphatic carbocycles. The van der Waals surface area contributed by atoms with E-state index in [0.717, 1.165) is 16.8 Å². The zero-order valence-corrected chi connectivity index (χ0v) is 18.0. The van der Waals surface area contributed by atoms with Crippen LogP contribution in [0.3, 0.4) is 0 Å². The predicted molar refractivity (Wildman–Crippen MR) is 118 cm³/mol. The maximum absolute atomic E-state index is 12.6. The van der Waals surface area contributed by atoms with Crippen molar-refractivity contribution in [2.45, 2.75) is 20.8 Å². The molecule has 0 unspecified atom stereocenters. The highest BCUT2D eigenvalue weighted by atomic mass is 16.5. The van der Waals surface area contributed by atoms with Gasteiger partial charge in [-0.3, -0.25) is 19.3 Å². The quantitative estimate of drug-likeness (QED) is 0.587. The highest BCUT2D eigenvalue weighted by Gasteiger charge is 2.17. The maximum Gasteiger partial charge on any atom is 0.238 e. The van der Waals surface area contributed by atoms with Crippen LogP contribution in [0.25, 0.3) is 0 Å². The molecule has 0 aliphatic rings. The summed E-state index contributed by atoms with van der Waals surface area (Å²) in [5.74, 6) is -0.647. The van der Waals surface area contributed by atoms with Crippen LogP contribution in [0.4, 0.5) is 11.4 Å². The number of methoxy groups -OCH3 is 1. The van der Waals surface area contributed by atoms with Crippen molar-refractivity contribution in [3.63, 3.8) is 0 Å². The number of hydrogen-bond acceptors (Lipinski definition) is 5. The molecule has 0 aromatic heterocycles. The average molecular weight is 412 g/mol. The fourth-order valence-corrected chi connectivity index (χ4v) is 3.01. The van der Waals surface area contributed by atoms with E-state index in [4.69, 9.17) is 4.74 Å². The smallest absolute Gasteiger partial charge is 0.238 e. The van der Waals surface area contributed by atoms with E-state index < -0.39 is 0 Å². The van der Waals surface area contributed by atoms with Gasteiger partial charge in [0.1, 0.15) is 0 Å². The Bertz CT molecular complexity index is 911. The van der Waals surface area contributed by atoms with E-state index in [1.54, 1.807) is 36.3 Å². The largest absolute Gasteiger partial charge is 0.383 e. The van der Waals surface area contributed by atoms with Gasteiger partial charge in [0.25, 0.3) is 0 Å². The second-order valence-corrected chi connectivity index (χ2v) is 7.15. The summed E-state index contributed by atoms with van der Waals surface area (Å²) in [4.78, 5) is 38.6. The van der Waals surface area contributed by atoms with Crippen molar-refractivity contribution >= 4 is 29.0 Å². The molecule has 30 heavy (non-hydrogen) atoms. The van der Waals surface area contributed by atoms with Gasteiger partial charge in [-0.25, -0.2) is 0 Å². The van der Waals surface area contributed by atoms with Gasteiger partial charge in [0.2, 0.25) is 11.8 Å². The minimum atomic E-state index is -0.306. The fraction of sp³-hybridized carbons (Fsp3) is 0.348. The Balaban J connectivity index is 2.03. The van der Waals surface area contributed by atoms with Gasteiger partial charge >= 0.3 is 0 Å². The molecule has 0 radical (unpaired) electrons. The fourth-order valence-electron chi connectivity index (χ4n) is 3.01. The number of benzene rings is 2. The van der Waals surface area contributed by atoms with E-state index in [0.29, 0.717) is 24.4 Å². The molecular weight excluding hydrogens is 382 g/mol. The predicted octanol–water partition coefficient (Wildman–Crippen LogP) is 3.03. The first-order chi connectivity index (χ1) is 14.3. The molecule has 0 heterocycles. The normalized spacial score (nSPS) is 10.7. The number of hydrogen-bond donors (Lipinski definition) is 2. The number of anilines is 2. The molecular formula is C23H29N3O4. The zero-order chi connectivity index (χ0) is 22.1. The Hall–Kier alpha value is -3.03. The lowest BCUT2D eigenvalue weighted by molar-refractivity contribution is -0.120. The van der Waals surface area contributed by atoms with Crippen LogP contribution in [0.5, 0.6) is 0 Å². The molecule has 7 nitrogen and oxygen atoms in total. The van der Waals surface area contributed by atoms with Gasteiger partial charge < -0.3 is 15.4 Å². The Morgan fingerprint density at radius 2 is 1.50 bits per heavy atom. The second-order valence-electron chi connectivity index (χ2n) is 7.15.